The quantitative estimate of drug-likeness (QED) is 0.838. The van der Waals surface area contributed by atoms with Crippen LogP contribution in [0.5, 0.6) is 0 Å². The Kier molecular flexibility index (Phi) is 5.23. The number of nitrogens with zero attached hydrogens (tertiary/aromatic N) is 2. The highest BCUT2D eigenvalue weighted by atomic mass is 35.5. The van der Waals surface area contributed by atoms with Gasteiger partial charge in [-0.2, -0.15) is 0 Å². The summed E-state index contributed by atoms with van der Waals surface area (Å²) in [5, 5.41) is 22.4. The maximum atomic E-state index is 12.3. The Balaban J connectivity index is 2.11. The van der Waals surface area contributed by atoms with E-state index in [0.717, 1.165) is 4.88 Å². The highest BCUT2D eigenvalue weighted by Gasteiger charge is 2.28. The fourth-order valence-corrected chi connectivity index (χ4v) is 2.92. The lowest BCUT2D eigenvalue weighted by Crippen LogP contribution is -2.41. The van der Waals surface area contributed by atoms with Gasteiger partial charge in [-0.05, 0) is 12.1 Å². The van der Waals surface area contributed by atoms with E-state index in [1.807, 2.05) is 0 Å². The van der Waals surface area contributed by atoms with Crippen molar-refractivity contribution < 1.29 is 19.5 Å². The Bertz CT molecular complexity index is 651. The zero-order valence-electron chi connectivity index (χ0n) is 12.2. The molecule has 2 aromatic heterocycles. The van der Waals surface area contributed by atoms with E-state index in [-0.39, 0.29) is 31.4 Å². The van der Waals surface area contributed by atoms with Gasteiger partial charge in [-0.25, -0.2) is 0 Å². The molecule has 0 aliphatic carbocycles. The third-order valence-electron chi connectivity index (χ3n) is 3.27. The van der Waals surface area contributed by atoms with Crippen LogP contribution < -0.4 is 0 Å². The van der Waals surface area contributed by atoms with Crippen LogP contribution in [0.3, 0.4) is 0 Å². The zero-order valence-corrected chi connectivity index (χ0v) is 13.8. The van der Waals surface area contributed by atoms with Crippen molar-refractivity contribution in [2.45, 2.75) is 6.92 Å². The Morgan fingerprint density at radius 2 is 2.14 bits per heavy atom. The summed E-state index contributed by atoms with van der Waals surface area (Å²) in [4.78, 5) is 14.5. The lowest BCUT2D eigenvalue weighted by Gasteiger charge is -2.29. The number of amides is 1. The van der Waals surface area contributed by atoms with E-state index >= 15 is 0 Å². The Morgan fingerprint density at radius 3 is 2.68 bits per heavy atom. The smallest absolute Gasteiger partial charge is 0.275 e. The lowest BCUT2D eigenvalue weighted by atomic mass is 9.92. The van der Waals surface area contributed by atoms with Gasteiger partial charge in [0.05, 0.1) is 22.4 Å². The molecule has 2 heterocycles. The number of aromatic nitrogens is 1. The summed E-state index contributed by atoms with van der Waals surface area (Å²) in [6.45, 7) is 1.45. The summed E-state index contributed by atoms with van der Waals surface area (Å²) in [5.41, 5.74) is -0.599. The lowest BCUT2D eigenvalue weighted by molar-refractivity contribution is 0.0362. The minimum absolute atomic E-state index is 0.167. The van der Waals surface area contributed by atoms with Crippen LogP contribution in [0.2, 0.25) is 4.34 Å². The number of hydrogen-bond acceptors (Lipinski definition) is 6. The molecule has 0 aromatic carbocycles. The standard InChI is InChI=1S/C14H17ClN2O4S/c1-14(7-18,8-19)6-17(2)13(20)9-5-10(21-16-9)11-3-4-12(15)22-11/h3-5,18-19H,6-8H2,1-2H3. The van der Waals surface area contributed by atoms with Crippen molar-refractivity contribution in [1.82, 2.24) is 10.1 Å². The molecule has 2 N–H and O–H groups in total. The van der Waals surface area contributed by atoms with Crippen molar-refractivity contribution in [3.63, 3.8) is 0 Å². The molecule has 8 heteroatoms. The van der Waals surface area contributed by atoms with Gasteiger partial charge in [0.15, 0.2) is 11.5 Å². The Labute approximate surface area is 136 Å². The van der Waals surface area contributed by atoms with Gasteiger partial charge < -0.3 is 19.6 Å². The monoisotopic (exact) mass is 344 g/mol. The van der Waals surface area contributed by atoms with Gasteiger partial charge in [-0.1, -0.05) is 23.7 Å². The van der Waals surface area contributed by atoms with E-state index in [9.17, 15) is 15.0 Å². The van der Waals surface area contributed by atoms with E-state index in [2.05, 4.69) is 5.16 Å². The molecule has 0 aliphatic heterocycles. The van der Waals surface area contributed by atoms with E-state index in [4.69, 9.17) is 16.1 Å². The van der Waals surface area contributed by atoms with Gasteiger partial charge in [-0.3, -0.25) is 4.79 Å². The number of thiophene rings is 1. The third-order valence-corrected chi connectivity index (χ3v) is 4.52. The maximum absolute atomic E-state index is 12.3. The first-order valence-corrected chi connectivity index (χ1v) is 7.77. The number of rotatable bonds is 6. The molecule has 0 aliphatic rings. The normalized spacial score (nSPS) is 11.7. The summed E-state index contributed by atoms with van der Waals surface area (Å²) in [7, 11) is 1.59. The SMILES string of the molecule is CN(CC(C)(CO)CO)C(=O)c1cc(-c2ccc(Cl)s2)on1. The molecular weight excluding hydrogens is 328 g/mol. The first-order valence-electron chi connectivity index (χ1n) is 6.58. The number of halogens is 1. The number of hydrogen-bond donors (Lipinski definition) is 2. The molecule has 0 atom stereocenters. The van der Waals surface area contributed by atoms with Crippen molar-refractivity contribution in [2.75, 3.05) is 26.8 Å². The van der Waals surface area contributed by atoms with Crippen molar-refractivity contribution in [2.24, 2.45) is 5.41 Å². The molecule has 0 fully saturated rings. The van der Waals surface area contributed by atoms with Crippen LogP contribution >= 0.6 is 22.9 Å². The summed E-state index contributed by atoms with van der Waals surface area (Å²) < 4.78 is 5.80. The van der Waals surface area contributed by atoms with Crippen LogP contribution in [-0.4, -0.2) is 53.0 Å². The molecule has 1 amide bonds. The van der Waals surface area contributed by atoms with E-state index in [1.165, 1.54) is 16.2 Å². The minimum atomic E-state index is -0.766. The van der Waals surface area contributed by atoms with Crippen molar-refractivity contribution in [3.05, 3.63) is 28.2 Å². The highest BCUT2D eigenvalue weighted by Crippen LogP contribution is 2.31. The second kappa shape index (κ2) is 6.78. The van der Waals surface area contributed by atoms with E-state index in [0.29, 0.717) is 10.1 Å². The number of aliphatic hydroxyl groups is 2. The third kappa shape index (κ3) is 3.67. The number of aliphatic hydroxyl groups excluding tert-OH is 2. The van der Waals surface area contributed by atoms with Crippen LogP contribution in [0.4, 0.5) is 0 Å². The molecule has 0 radical (unpaired) electrons. The van der Waals surface area contributed by atoms with Crippen LogP contribution in [-0.2, 0) is 0 Å². The van der Waals surface area contributed by atoms with Gasteiger partial charge in [0.1, 0.15) is 0 Å². The fraction of sp³-hybridized carbons (Fsp3) is 0.429. The van der Waals surface area contributed by atoms with Gasteiger partial charge >= 0.3 is 0 Å². The Hall–Kier alpha value is -1.41. The summed E-state index contributed by atoms with van der Waals surface area (Å²) >= 11 is 7.20. The van der Waals surface area contributed by atoms with E-state index < -0.39 is 5.41 Å². The topological polar surface area (TPSA) is 86.8 Å². The molecule has 2 aromatic rings. The fourth-order valence-electron chi connectivity index (χ4n) is 1.93. The van der Waals surface area contributed by atoms with Crippen LogP contribution in [0.15, 0.2) is 22.7 Å². The number of carbonyl (C=O) groups excluding carboxylic acids is 1. The molecule has 0 bridgehead atoms. The molecule has 120 valence electrons. The Morgan fingerprint density at radius 1 is 1.45 bits per heavy atom. The maximum Gasteiger partial charge on any atom is 0.275 e. The summed E-state index contributed by atoms with van der Waals surface area (Å²) in [6, 6.07) is 5.09. The van der Waals surface area contributed by atoms with Gasteiger partial charge in [-0.15, -0.1) is 11.3 Å². The predicted molar refractivity (Wildman–Crippen MR) is 84.1 cm³/mol. The van der Waals surface area contributed by atoms with Crippen LogP contribution in [0, 0.1) is 5.41 Å². The molecule has 0 spiro atoms. The summed E-state index contributed by atoms with van der Waals surface area (Å²) in [6.07, 6.45) is 0. The average molecular weight is 345 g/mol. The van der Waals surface area contributed by atoms with Gasteiger partial charge in [0.2, 0.25) is 0 Å². The first kappa shape index (κ1) is 17.0. The van der Waals surface area contributed by atoms with Crippen LogP contribution in [0.25, 0.3) is 10.6 Å². The largest absolute Gasteiger partial charge is 0.396 e. The molecule has 2 rings (SSSR count). The average Bonchev–Trinajstić information content (AvgIpc) is 3.14. The molecule has 22 heavy (non-hydrogen) atoms. The minimum Gasteiger partial charge on any atom is -0.396 e. The van der Waals surface area contributed by atoms with Crippen molar-refractivity contribution in [1.29, 1.82) is 0 Å². The van der Waals surface area contributed by atoms with Gasteiger partial charge in [0.25, 0.3) is 5.91 Å². The van der Waals surface area contributed by atoms with Crippen molar-refractivity contribution in [3.8, 4) is 10.6 Å². The molecule has 0 saturated carbocycles. The second-order valence-electron chi connectivity index (χ2n) is 5.47. The highest BCUT2D eigenvalue weighted by molar-refractivity contribution is 7.19. The first-order chi connectivity index (χ1) is 10.4. The van der Waals surface area contributed by atoms with E-state index in [1.54, 1.807) is 32.2 Å². The predicted octanol–water partition coefficient (Wildman–Crippen LogP) is 2.12. The molecule has 0 unspecified atom stereocenters. The second-order valence-corrected chi connectivity index (χ2v) is 7.18. The van der Waals surface area contributed by atoms with Gasteiger partial charge in [0, 0.05) is 25.1 Å². The molecule has 0 saturated heterocycles. The number of carbonyl (C=O) groups is 1. The molecular formula is C14H17ClN2O4S. The van der Waals surface area contributed by atoms with Crippen LogP contribution in [0.1, 0.15) is 17.4 Å². The summed E-state index contributed by atoms with van der Waals surface area (Å²) in [5.74, 6) is 0.131. The zero-order chi connectivity index (χ0) is 16.3. The molecule has 6 nitrogen and oxygen atoms in total. The van der Waals surface area contributed by atoms with Crippen molar-refractivity contribution >= 4 is 28.8 Å².